The van der Waals surface area contributed by atoms with Crippen LogP contribution >= 0.6 is 0 Å². The minimum absolute atomic E-state index is 0.0618. The minimum Gasteiger partial charge on any atom is -0.464 e. The van der Waals surface area contributed by atoms with Crippen LogP contribution in [0.25, 0.3) is 5.52 Å². The molecule has 0 saturated carbocycles. The number of primary amides is 1. The van der Waals surface area contributed by atoms with Crippen LogP contribution in [0.4, 0.5) is 10.2 Å². The Hall–Kier alpha value is -2.75. The van der Waals surface area contributed by atoms with Crippen molar-refractivity contribution in [3.63, 3.8) is 0 Å². The van der Waals surface area contributed by atoms with Gasteiger partial charge in [0.05, 0.1) is 16.7 Å². The van der Waals surface area contributed by atoms with E-state index in [4.69, 9.17) is 16.2 Å². The lowest BCUT2D eigenvalue weighted by molar-refractivity contribution is -0.154. The molecule has 0 bridgehead atoms. The molecule has 1 fully saturated rings. The summed E-state index contributed by atoms with van der Waals surface area (Å²) in [5, 5.41) is 7.09. The van der Waals surface area contributed by atoms with E-state index in [1.807, 2.05) is 20.8 Å². The van der Waals surface area contributed by atoms with E-state index in [0.717, 1.165) is 6.42 Å². The van der Waals surface area contributed by atoms with Crippen LogP contribution in [0.5, 0.6) is 0 Å². The minimum atomic E-state index is -0.997. The number of anilines is 1. The number of ether oxygens (including phenoxy) is 1. The van der Waals surface area contributed by atoms with Crippen molar-refractivity contribution in [3.8, 4) is 0 Å². The Balaban J connectivity index is 1.79. The molecule has 9 nitrogen and oxygen atoms in total. The van der Waals surface area contributed by atoms with E-state index in [1.54, 1.807) is 6.07 Å². The zero-order chi connectivity index (χ0) is 20.6. The van der Waals surface area contributed by atoms with Crippen molar-refractivity contribution < 1.29 is 18.7 Å². The molecule has 5 N–H and O–H groups in total. The highest BCUT2D eigenvalue weighted by atomic mass is 19.1. The van der Waals surface area contributed by atoms with E-state index in [2.05, 4.69) is 15.4 Å². The topological polar surface area (TPSA) is 138 Å². The van der Waals surface area contributed by atoms with Gasteiger partial charge >= 0.3 is 12.0 Å². The molecule has 2 atom stereocenters. The van der Waals surface area contributed by atoms with Crippen LogP contribution in [0.1, 0.15) is 62.1 Å². The summed E-state index contributed by atoms with van der Waals surface area (Å²) in [7, 11) is 0. The molecule has 0 spiro atoms. The highest BCUT2D eigenvalue weighted by molar-refractivity contribution is 6.02. The Bertz CT molecular complexity index is 926. The summed E-state index contributed by atoms with van der Waals surface area (Å²) < 4.78 is 20.4. The second kappa shape index (κ2) is 7.34. The molecule has 0 unspecified atom stereocenters. The number of fused-ring (bicyclic) bond motifs is 1. The molecule has 2 aromatic rings. The van der Waals surface area contributed by atoms with Gasteiger partial charge < -0.3 is 21.5 Å². The average Bonchev–Trinajstić information content (AvgIpc) is 3.23. The molecule has 2 aromatic heterocycles. The number of halogens is 1. The van der Waals surface area contributed by atoms with Gasteiger partial charge in [0.1, 0.15) is 12.1 Å². The number of nitrogens with two attached hydrogens (primary N) is 2. The molecular formula is C18H25FN6O3. The van der Waals surface area contributed by atoms with E-state index >= 15 is 0 Å². The smallest absolute Gasteiger partial charge is 0.327 e. The van der Waals surface area contributed by atoms with Crippen molar-refractivity contribution in [3.05, 3.63) is 23.4 Å². The number of carbonyl (C=O) groups is 2. The average molecular weight is 392 g/mol. The number of carbonyl (C=O) groups excluding carboxylic acids is 2. The van der Waals surface area contributed by atoms with Crippen LogP contribution in [0.2, 0.25) is 0 Å². The van der Waals surface area contributed by atoms with Crippen LogP contribution in [0.15, 0.2) is 6.07 Å². The summed E-state index contributed by atoms with van der Waals surface area (Å²) in [6.07, 6.45) is 1.12. The maximum absolute atomic E-state index is 13.7. The summed E-state index contributed by atoms with van der Waals surface area (Å²) in [5.41, 5.74) is 11.5. The summed E-state index contributed by atoms with van der Waals surface area (Å²) in [5.74, 6) is -1.10. The van der Waals surface area contributed by atoms with Crippen LogP contribution < -0.4 is 16.8 Å². The standard InChI is InChI=1S/C18H25FN6O3/c1-4-18(2,3)16(27)28-8-9-5-6-11(22-9)12-7-10(15(21)26)13-14(20)23-17(19)24-25(12)13/h7,9,11,22H,4-6,8H2,1-3H3,(H2,21,26)(H2,20,23,24)/t9-,11+/m0/s1. The normalized spacial score (nSPS) is 19.9. The Morgan fingerprint density at radius 1 is 1.43 bits per heavy atom. The molecule has 10 heteroatoms. The summed E-state index contributed by atoms with van der Waals surface area (Å²) in [6, 6.07) is 1.26. The summed E-state index contributed by atoms with van der Waals surface area (Å²) >= 11 is 0. The Morgan fingerprint density at radius 2 is 2.14 bits per heavy atom. The fraction of sp³-hybridized carbons (Fsp3) is 0.556. The molecule has 3 heterocycles. The summed E-state index contributed by atoms with van der Waals surface area (Å²) in [4.78, 5) is 27.4. The number of esters is 1. The zero-order valence-corrected chi connectivity index (χ0v) is 16.2. The molecule has 0 aliphatic carbocycles. The number of amides is 1. The number of hydrogen-bond donors (Lipinski definition) is 3. The van der Waals surface area contributed by atoms with Gasteiger partial charge in [0.2, 0.25) is 0 Å². The molecule has 152 valence electrons. The first kappa shape index (κ1) is 20.0. The van der Waals surface area contributed by atoms with Crippen molar-refractivity contribution in [2.75, 3.05) is 12.3 Å². The first-order valence-electron chi connectivity index (χ1n) is 9.21. The number of nitrogens with one attached hydrogen (secondary N) is 1. The molecule has 3 rings (SSSR count). The maximum atomic E-state index is 13.7. The van der Waals surface area contributed by atoms with Gasteiger partial charge in [0.15, 0.2) is 5.82 Å². The van der Waals surface area contributed by atoms with Crippen molar-refractivity contribution in [2.24, 2.45) is 11.1 Å². The predicted molar refractivity (Wildman–Crippen MR) is 99.8 cm³/mol. The van der Waals surface area contributed by atoms with Crippen molar-refractivity contribution >= 4 is 23.2 Å². The monoisotopic (exact) mass is 392 g/mol. The van der Waals surface area contributed by atoms with Crippen LogP contribution in [0.3, 0.4) is 0 Å². The molecule has 1 saturated heterocycles. The first-order valence-corrected chi connectivity index (χ1v) is 9.21. The van der Waals surface area contributed by atoms with Crippen LogP contribution in [-0.4, -0.2) is 39.1 Å². The number of hydrogen-bond acceptors (Lipinski definition) is 7. The lowest BCUT2D eigenvalue weighted by Crippen LogP contribution is -2.34. The quantitative estimate of drug-likeness (QED) is 0.630. The van der Waals surface area contributed by atoms with Gasteiger partial charge in [-0.25, -0.2) is 4.52 Å². The number of rotatable bonds is 6. The number of aromatic nitrogens is 3. The molecule has 1 amide bonds. The van der Waals surface area contributed by atoms with Crippen molar-refractivity contribution in [1.82, 2.24) is 19.9 Å². The van der Waals surface area contributed by atoms with Crippen molar-refractivity contribution in [1.29, 1.82) is 0 Å². The van der Waals surface area contributed by atoms with E-state index in [1.165, 1.54) is 4.52 Å². The fourth-order valence-corrected chi connectivity index (χ4v) is 3.27. The highest BCUT2D eigenvalue weighted by Crippen LogP contribution is 2.31. The Labute approximate surface area is 161 Å². The third kappa shape index (κ3) is 3.64. The predicted octanol–water partition coefficient (Wildman–Crippen LogP) is 1.32. The van der Waals surface area contributed by atoms with Gasteiger partial charge in [0, 0.05) is 12.1 Å². The molecule has 1 aliphatic heterocycles. The Kier molecular flexibility index (Phi) is 5.24. The van der Waals surface area contributed by atoms with E-state index in [-0.39, 0.29) is 41.6 Å². The largest absolute Gasteiger partial charge is 0.464 e. The van der Waals surface area contributed by atoms with E-state index < -0.39 is 17.4 Å². The molecule has 0 aromatic carbocycles. The van der Waals surface area contributed by atoms with E-state index in [0.29, 0.717) is 18.5 Å². The number of nitrogen functional groups attached to an aromatic ring is 1. The Morgan fingerprint density at radius 3 is 2.79 bits per heavy atom. The maximum Gasteiger partial charge on any atom is 0.327 e. The molecular weight excluding hydrogens is 367 g/mol. The first-order chi connectivity index (χ1) is 13.1. The van der Waals surface area contributed by atoms with Crippen LogP contribution in [-0.2, 0) is 9.53 Å². The third-order valence-corrected chi connectivity index (χ3v) is 5.36. The third-order valence-electron chi connectivity index (χ3n) is 5.36. The van der Waals surface area contributed by atoms with Gasteiger partial charge in [-0.2, -0.15) is 9.37 Å². The van der Waals surface area contributed by atoms with Crippen molar-refractivity contribution in [2.45, 2.75) is 52.1 Å². The lowest BCUT2D eigenvalue weighted by atomic mass is 9.91. The molecule has 28 heavy (non-hydrogen) atoms. The fourth-order valence-electron chi connectivity index (χ4n) is 3.27. The van der Waals surface area contributed by atoms with Crippen LogP contribution in [0, 0.1) is 11.5 Å². The second-order valence-electron chi connectivity index (χ2n) is 7.70. The summed E-state index contributed by atoms with van der Waals surface area (Å²) in [6.45, 7) is 5.86. The SMILES string of the molecule is CCC(C)(C)C(=O)OC[C@@H]1CC[C@H](c2cc(C(N)=O)c3c(N)nc(F)nn23)N1. The lowest BCUT2D eigenvalue weighted by Gasteiger charge is -2.22. The van der Waals surface area contributed by atoms with E-state index in [9.17, 15) is 14.0 Å². The zero-order valence-electron chi connectivity index (χ0n) is 16.2. The van der Waals surface area contributed by atoms with Gasteiger partial charge in [-0.15, -0.1) is 5.10 Å². The molecule has 0 radical (unpaired) electrons. The van der Waals surface area contributed by atoms with Gasteiger partial charge in [-0.1, -0.05) is 6.92 Å². The second-order valence-corrected chi connectivity index (χ2v) is 7.70. The van der Waals surface area contributed by atoms with Gasteiger partial charge in [0.25, 0.3) is 5.91 Å². The molecule has 1 aliphatic rings. The van der Waals surface area contributed by atoms with Gasteiger partial charge in [-0.3, -0.25) is 9.59 Å². The van der Waals surface area contributed by atoms with Gasteiger partial charge in [-0.05, 0) is 39.2 Å². The highest BCUT2D eigenvalue weighted by Gasteiger charge is 2.32. The number of nitrogens with zero attached hydrogens (tertiary/aromatic N) is 3.